The summed E-state index contributed by atoms with van der Waals surface area (Å²) in [7, 11) is 1.63. The molecule has 144 valence electrons. The minimum Gasteiger partial charge on any atom is -0.383 e. The number of carbonyl (C=O) groups excluding carboxylic acids is 3. The van der Waals surface area contributed by atoms with Crippen molar-refractivity contribution in [3.05, 3.63) is 36.0 Å². The minimum atomic E-state index is -0.837. The summed E-state index contributed by atoms with van der Waals surface area (Å²) in [5.74, 6) is -1.00. The summed E-state index contributed by atoms with van der Waals surface area (Å²) in [6.45, 7) is 3.35. The zero-order valence-electron chi connectivity index (χ0n) is 15.6. The second-order valence-electron chi connectivity index (χ2n) is 6.63. The van der Waals surface area contributed by atoms with Gasteiger partial charge in [-0.05, 0) is 6.07 Å². The van der Waals surface area contributed by atoms with Gasteiger partial charge in [0, 0.05) is 50.8 Å². The fraction of sp³-hybridized carbons (Fsp3) is 0.421. The van der Waals surface area contributed by atoms with Crippen LogP contribution in [0, 0.1) is 0 Å². The molecule has 0 radical (unpaired) electrons. The van der Waals surface area contributed by atoms with E-state index in [1.807, 2.05) is 28.8 Å². The molecular formula is C19H24N4O4. The normalized spacial score (nSPS) is 17.3. The van der Waals surface area contributed by atoms with E-state index < -0.39 is 11.9 Å². The van der Waals surface area contributed by atoms with E-state index in [4.69, 9.17) is 10.5 Å². The molecule has 0 aliphatic carbocycles. The summed E-state index contributed by atoms with van der Waals surface area (Å²) in [5, 5.41) is 0.816. The Morgan fingerprint density at radius 1 is 1.22 bits per heavy atom. The Labute approximate surface area is 157 Å². The molecular weight excluding hydrogens is 348 g/mol. The van der Waals surface area contributed by atoms with Crippen molar-refractivity contribution < 1.29 is 19.1 Å². The highest BCUT2D eigenvalue weighted by molar-refractivity contribution is 6.08. The predicted molar refractivity (Wildman–Crippen MR) is 100 cm³/mol. The summed E-state index contributed by atoms with van der Waals surface area (Å²) in [6, 6.07) is 6.78. The van der Waals surface area contributed by atoms with Crippen LogP contribution in [-0.2, 0) is 20.9 Å². The number of nitrogens with two attached hydrogens (primary N) is 1. The lowest BCUT2D eigenvalue weighted by Crippen LogP contribution is -2.60. The molecule has 0 spiro atoms. The van der Waals surface area contributed by atoms with Gasteiger partial charge in [-0.3, -0.25) is 14.4 Å². The second-order valence-corrected chi connectivity index (χ2v) is 6.63. The van der Waals surface area contributed by atoms with Gasteiger partial charge >= 0.3 is 0 Å². The van der Waals surface area contributed by atoms with Crippen LogP contribution in [0.3, 0.4) is 0 Å². The highest BCUT2D eigenvalue weighted by Crippen LogP contribution is 2.24. The number of rotatable bonds is 5. The van der Waals surface area contributed by atoms with E-state index in [0.717, 1.165) is 10.9 Å². The number of amides is 3. The van der Waals surface area contributed by atoms with E-state index in [9.17, 15) is 14.4 Å². The highest BCUT2D eigenvalue weighted by Gasteiger charge is 2.36. The fourth-order valence-corrected chi connectivity index (χ4v) is 3.50. The summed E-state index contributed by atoms with van der Waals surface area (Å²) < 4.78 is 7.12. The van der Waals surface area contributed by atoms with Gasteiger partial charge in [0.05, 0.1) is 18.7 Å². The Morgan fingerprint density at radius 2 is 1.96 bits per heavy atom. The zero-order valence-corrected chi connectivity index (χ0v) is 15.6. The second kappa shape index (κ2) is 7.79. The van der Waals surface area contributed by atoms with Crippen molar-refractivity contribution in [1.82, 2.24) is 14.4 Å². The van der Waals surface area contributed by atoms with Gasteiger partial charge in [-0.1, -0.05) is 18.2 Å². The number of primary amides is 1. The first kappa shape index (κ1) is 18.9. The van der Waals surface area contributed by atoms with Crippen LogP contribution in [0.2, 0.25) is 0 Å². The van der Waals surface area contributed by atoms with E-state index >= 15 is 0 Å². The summed E-state index contributed by atoms with van der Waals surface area (Å²) in [5.41, 5.74) is 6.97. The van der Waals surface area contributed by atoms with Crippen LogP contribution in [0.15, 0.2) is 30.5 Å². The van der Waals surface area contributed by atoms with Gasteiger partial charge in [0.25, 0.3) is 5.91 Å². The Morgan fingerprint density at radius 3 is 2.63 bits per heavy atom. The lowest BCUT2D eigenvalue weighted by atomic mass is 10.1. The molecule has 2 heterocycles. The molecule has 8 heteroatoms. The van der Waals surface area contributed by atoms with Crippen molar-refractivity contribution in [2.45, 2.75) is 19.5 Å². The lowest BCUT2D eigenvalue weighted by Gasteiger charge is -2.39. The average molecular weight is 372 g/mol. The van der Waals surface area contributed by atoms with Gasteiger partial charge in [0.15, 0.2) is 0 Å². The maximum atomic E-state index is 13.3. The number of ether oxygens (including phenoxy) is 1. The molecule has 1 atom stereocenters. The van der Waals surface area contributed by atoms with Gasteiger partial charge in [-0.2, -0.15) is 0 Å². The van der Waals surface area contributed by atoms with Crippen molar-refractivity contribution in [3.8, 4) is 0 Å². The molecule has 1 fully saturated rings. The quantitative estimate of drug-likeness (QED) is 0.824. The van der Waals surface area contributed by atoms with Crippen LogP contribution in [0.1, 0.15) is 17.3 Å². The molecule has 1 unspecified atom stereocenters. The van der Waals surface area contributed by atoms with Gasteiger partial charge in [-0.15, -0.1) is 0 Å². The number of carbonyl (C=O) groups is 3. The standard InChI is InChI=1S/C19H24N4O4/c1-13(24)21-7-8-23(17(12-21)18(20)25)19(26)15-11-22(9-10-27-2)16-6-4-3-5-14(15)16/h3-6,11,17H,7-10,12H2,1-2H3,(H2,20,25). The largest absolute Gasteiger partial charge is 0.383 e. The predicted octanol–water partition coefficient (Wildman–Crippen LogP) is 0.446. The minimum absolute atomic E-state index is 0.124. The smallest absolute Gasteiger partial charge is 0.256 e. The lowest BCUT2D eigenvalue weighted by molar-refractivity contribution is -0.134. The number of methoxy groups -OCH3 is 1. The molecule has 0 bridgehead atoms. The molecule has 1 aliphatic rings. The molecule has 27 heavy (non-hydrogen) atoms. The van der Waals surface area contributed by atoms with Crippen molar-refractivity contribution in [2.24, 2.45) is 5.73 Å². The van der Waals surface area contributed by atoms with Crippen LogP contribution in [-0.4, -0.2) is 71.5 Å². The third kappa shape index (κ3) is 3.66. The van der Waals surface area contributed by atoms with Gasteiger partial charge < -0.3 is 24.8 Å². The molecule has 1 aromatic heterocycles. The van der Waals surface area contributed by atoms with Crippen molar-refractivity contribution >= 4 is 28.6 Å². The van der Waals surface area contributed by atoms with E-state index in [2.05, 4.69) is 0 Å². The summed E-state index contributed by atoms with van der Waals surface area (Å²) in [6.07, 6.45) is 1.79. The Kier molecular flexibility index (Phi) is 5.46. The number of piperazine rings is 1. The first-order chi connectivity index (χ1) is 12.9. The molecule has 1 aliphatic heterocycles. The number of fused-ring (bicyclic) bond motifs is 1. The molecule has 1 saturated heterocycles. The summed E-state index contributed by atoms with van der Waals surface area (Å²) in [4.78, 5) is 39.9. The van der Waals surface area contributed by atoms with E-state index in [1.165, 1.54) is 11.8 Å². The number of hydrogen-bond donors (Lipinski definition) is 1. The van der Waals surface area contributed by atoms with Crippen LogP contribution in [0.4, 0.5) is 0 Å². The molecule has 8 nitrogen and oxygen atoms in total. The molecule has 0 saturated carbocycles. The number of hydrogen-bond acceptors (Lipinski definition) is 4. The number of benzene rings is 1. The number of aromatic nitrogens is 1. The number of para-hydroxylation sites is 1. The zero-order chi connectivity index (χ0) is 19.6. The van der Waals surface area contributed by atoms with E-state index in [0.29, 0.717) is 25.3 Å². The SMILES string of the molecule is COCCn1cc(C(=O)N2CCN(C(C)=O)CC2C(N)=O)c2ccccc21. The van der Waals surface area contributed by atoms with Crippen molar-refractivity contribution in [2.75, 3.05) is 33.4 Å². The molecule has 3 amide bonds. The molecule has 2 aromatic rings. The van der Waals surface area contributed by atoms with Crippen LogP contribution >= 0.6 is 0 Å². The molecule has 2 N–H and O–H groups in total. The van der Waals surface area contributed by atoms with Crippen molar-refractivity contribution in [1.29, 1.82) is 0 Å². The van der Waals surface area contributed by atoms with E-state index in [1.54, 1.807) is 18.2 Å². The Balaban J connectivity index is 1.95. The van der Waals surface area contributed by atoms with Gasteiger partial charge in [0.2, 0.25) is 11.8 Å². The first-order valence-electron chi connectivity index (χ1n) is 8.86. The molecule has 3 rings (SSSR count). The highest BCUT2D eigenvalue weighted by atomic mass is 16.5. The summed E-state index contributed by atoms with van der Waals surface area (Å²) >= 11 is 0. The van der Waals surface area contributed by atoms with Gasteiger partial charge in [0.1, 0.15) is 6.04 Å². The van der Waals surface area contributed by atoms with Crippen molar-refractivity contribution in [3.63, 3.8) is 0 Å². The van der Waals surface area contributed by atoms with Crippen LogP contribution < -0.4 is 5.73 Å². The monoisotopic (exact) mass is 372 g/mol. The fourth-order valence-electron chi connectivity index (χ4n) is 3.50. The maximum Gasteiger partial charge on any atom is 0.256 e. The Hall–Kier alpha value is -2.87. The third-order valence-corrected chi connectivity index (χ3v) is 4.97. The number of nitrogens with zero attached hydrogens (tertiary/aromatic N) is 3. The van der Waals surface area contributed by atoms with Crippen LogP contribution in [0.5, 0.6) is 0 Å². The topological polar surface area (TPSA) is 97.9 Å². The third-order valence-electron chi connectivity index (χ3n) is 4.97. The molecule has 1 aromatic carbocycles. The average Bonchev–Trinajstić information content (AvgIpc) is 3.04. The van der Waals surface area contributed by atoms with Crippen LogP contribution in [0.25, 0.3) is 10.9 Å². The maximum absolute atomic E-state index is 13.3. The van der Waals surface area contributed by atoms with Gasteiger partial charge in [-0.25, -0.2) is 0 Å². The van der Waals surface area contributed by atoms with E-state index in [-0.39, 0.29) is 24.9 Å². The first-order valence-corrected chi connectivity index (χ1v) is 8.86. The Bertz CT molecular complexity index is 876.